The van der Waals surface area contributed by atoms with Gasteiger partial charge in [0, 0.05) is 58.5 Å². The molecular formula is C25H30N4O3S. The van der Waals surface area contributed by atoms with Gasteiger partial charge in [-0.15, -0.1) is 0 Å². The highest BCUT2D eigenvalue weighted by Gasteiger charge is 2.21. The van der Waals surface area contributed by atoms with E-state index in [1.54, 1.807) is 29.9 Å². The van der Waals surface area contributed by atoms with Gasteiger partial charge in [0.1, 0.15) is 0 Å². The predicted molar refractivity (Wildman–Crippen MR) is 132 cm³/mol. The number of amides is 1. The smallest absolute Gasteiger partial charge is 0.262 e. The molecule has 174 valence electrons. The van der Waals surface area contributed by atoms with Gasteiger partial charge in [0.15, 0.2) is 4.77 Å². The Morgan fingerprint density at radius 1 is 1.09 bits per heavy atom. The number of aromatic amines is 1. The van der Waals surface area contributed by atoms with Gasteiger partial charge in [-0.2, -0.15) is 0 Å². The van der Waals surface area contributed by atoms with Gasteiger partial charge in [0.2, 0.25) is 0 Å². The second-order valence-corrected chi connectivity index (χ2v) is 8.79. The van der Waals surface area contributed by atoms with Gasteiger partial charge in [-0.05, 0) is 48.8 Å². The van der Waals surface area contributed by atoms with Crippen LogP contribution in [-0.2, 0) is 17.8 Å². The Bertz CT molecular complexity index is 1220. The first-order chi connectivity index (χ1) is 16.1. The zero-order chi connectivity index (χ0) is 23.2. The van der Waals surface area contributed by atoms with Crippen molar-refractivity contribution >= 4 is 29.0 Å². The molecule has 1 fully saturated rings. The minimum Gasteiger partial charge on any atom is -0.385 e. The Morgan fingerprint density at radius 3 is 2.70 bits per heavy atom. The number of nitrogens with zero attached hydrogens (tertiary/aromatic N) is 3. The van der Waals surface area contributed by atoms with Crippen molar-refractivity contribution in [3.05, 3.63) is 74.8 Å². The van der Waals surface area contributed by atoms with Crippen LogP contribution in [0.5, 0.6) is 0 Å². The number of carbonyl (C=O) groups excluding carboxylic acids is 1. The number of methoxy groups -OCH3 is 1. The summed E-state index contributed by atoms with van der Waals surface area (Å²) < 4.78 is 6.98. The molecule has 0 atom stereocenters. The highest BCUT2D eigenvalue weighted by molar-refractivity contribution is 7.71. The Kier molecular flexibility index (Phi) is 7.69. The van der Waals surface area contributed by atoms with E-state index in [9.17, 15) is 9.59 Å². The van der Waals surface area contributed by atoms with Crippen molar-refractivity contribution in [2.24, 2.45) is 0 Å². The molecule has 0 bridgehead atoms. The number of H-pyrrole nitrogens is 1. The van der Waals surface area contributed by atoms with Gasteiger partial charge in [0.25, 0.3) is 11.5 Å². The van der Waals surface area contributed by atoms with E-state index < -0.39 is 0 Å². The number of ether oxygens (including phenoxy) is 1. The molecule has 1 aliphatic rings. The van der Waals surface area contributed by atoms with Crippen LogP contribution in [0.2, 0.25) is 0 Å². The number of hydrogen-bond donors (Lipinski definition) is 1. The summed E-state index contributed by atoms with van der Waals surface area (Å²) >= 11 is 5.40. The Balaban J connectivity index is 1.48. The fraction of sp³-hybridized carbons (Fsp3) is 0.400. The molecule has 0 spiro atoms. The summed E-state index contributed by atoms with van der Waals surface area (Å²) in [5, 5.41) is 0.530. The number of rotatable bonds is 7. The number of aromatic nitrogens is 2. The molecule has 4 rings (SSSR count). The number of hydrogen-bond acceptors (Lipinski definition) is 5. The summed E-state index contributed by atoms with van der Waals surface area (Å²) in [6, 6.07) is 15.6. The molecule has 0 aliphatic carbocycles. The van der Waals surface area contributed by atoms with E-state index in [0.29, 0.717) is 47.4 Å². The standard InChI is InChI=1S/C25H30N4O3S/c1-32-16-6-13-29-24(31)21-10-9-20(17-22(21)26-25(29)33)23(30)28-12-5-11-27(14-15-28)18-19-7-3-2-4-8-19/h2-4,7-10,17H,5-6,11-16,18H2,1H3,(H,26,33). The van der Waals surface area contributed by atoms with Gasteiger partial charge < -0.3 is 14.6 Å². The molecule has 1 aromatic heterocycles. The second kappa shape index (κ2) is 10.9. The lowest BCUT2D eigenvalue weighted by Crippen LogP contribution is -2.35. The molecule has 0 saturated carbocycles. The first kappa shape index (κ1) is 23.4. The van der Waals surface area contributed by atoms with E-state index >= 15 is 0 Å². The zero-order valence-corrected chi connectivity index (χ0v) is 19.8. The molecule has 0 radical (unpaired) electrons. The first-order valence-corrected chi connectivity index (χ1v) is 11.8. The number of benzene rings is 2. The van der Waals surface area contributed by atoms with Crippen molar-refractivity contribution in [1.82, 2.24) is 19.4 Å². The van der Waals surface area contributed by atoms with Crippen molar-refractivity contribution < 1.29 is 9.53 Å². The van der Waals surface area contributed by atoms with E-state index in [4.69, 9.17) is 17.0 Å². The van der Waals surface area contributed by atoms with Crippen LogP contribution in [0.3, 0.4) is 0 Å². The van der Waals surface area contributed by atoms with Crippen LogP contribution >= 0.6 is 12.2 Å². The summed E-state index contributed by atoms with van der Waals surface area (Å²) in [5.41, 5.74) is 2.31. The van der Waals surface area contributed by atoms with E-state index in [1.807, 2.05) is 11.0 Å². The van der Waals surface area contributed by atoms with Crippen LogP contribution in [0.1, 0.15) is 28.8 Å². The van der Waals surface area contributed by atoms with Crippen LogP contribution in [0.25, 0.3) is 10.9 Å². The van der Waals surface area contributed by atoms with Gasteiger partial charge >= 0.3 is 0 Å². The van der Waals surface area contributed by atoms with E-state index in [1.165, 1.54) is 5.56 Å². The first-order valence-electron chi connectivity index (χ1n) is 11.4. The normalized spacial score (nSPS) is 15.0. The minimum absolute atomic E-state index is 0.0120. The Hall–Kier alpha value is -2.81. The monoisotopic (exact) mass is 466 g/mol. The molecule has 1 aliphatic heterocycles. The van der Waals surface area contributed by atoms with Crippen LogP contribution in [0.4, 0.5) is 0 Å². The third-order valence-corrected chi connectivity index (χ3v) is 6.41. The summed E-state index contributed by atoms with van der Waals surface area (Å²) in [4.78, 5) is 33.6. The van der Waals surface area contributed by atoms with Gasteiger partial charge in [-0.25, -0.2) is 0 Å². The van der Waals surface area contributed by atoms with Crippen molar-refractivity contribution in [3.63, 3.8) is 0 Å². The summed E-state index contributed by atoms with van der Waals surface area (Å²) in [6.45, 7) is 5.15. The molecule has 8 heteroatoms. The maximum Gasteiger partial charge on any atom is 0.262 e. The average Bonchev–Trinajstić information content (AvgIpc) is 3.06. The third kappa shape index (κ3) is 5.58. The lowest BCUT2D eigenvalue weighted by atomic mass is 10.1. The zero-order valence-electron chi connectivity index (χ0n) is 19.0. The van der Waals surface area contributed by atoms with Crippen LogP contribution < -0.4 is 5.56 Å². The summed E-state index contributed by atoms with van der Waals surface area (Å²) in [7, 11) is 1.63. The van der Waals surface area contributed by atoms with Gasteiger partial charge in [-0.3, -0.25) is 19.1 Å². The Labute approximate surface area is 198 Å². The summed E-state index contributed by atoms with van der Waals surface area (Å²) in [5.74, 6) is -0.0120. The van der Waals surface area contributed by atoms with Crippen molar-refractivity contribution in [1.29, 1.82) is 0 Å². The van der Waals surface area contributed by atoms with Crippen LogP contribution in [0.15, 0.2) is 53.3 Å². The molecule has 7 nitrogen and oxygen atoms in total. The van der Waals surface area contributed by atoms with E-state index in [-0.39, 0.29) is 11.5 Å². The van der Waals surface area contributed by atoms with Gasteiger partial charge in [0.05, 0.1) is 10.9 Å². The van der Waals surface area contributed by atoms with Crippen molar-refractivity contribution in [2.75, 3.05) is 39.9 Å². The van der Waals surface area contributed by atoms with E-state index in [2.05, 4.69) is 34.1 Å². The molecule has 2 heterocycles. The lowest BCUT2D eigenvalue weighted by molar-refractivity contribution is 0.0761. The molecule has 1 saturated heterocycles. The number of fused-ring (bicyclic) bond motifs is 1. The maximum absolute atomic E-state index is 13.2. The minimum atomic E-state index is -0.143. The SMILES string of the molecule is COCCCn1c(=S)[nH]c2cc(C(=O)N3CCCN(Cc4ccccc4)CC3)ccc2c1=O. The predicted octanol–water partition coefficient (Wildman–Crippen LogP) is 3.44. The molecule has 3 aromatic rings. The molecule has 33 heavy (non-hydrogen) atoms. The molecule has 0 unspecified atom stereocenters. The second-order valence-electron chi connectivity index (χ2n) is 8.40. The topological polar surface area (TPSA) is 70.6 Å². The van der Waals surface area contributed by atoms with E-state index in [0.717, 1.165) is 32.6 Å². The molecule has 1 amide bonds. The molecule has 2 aromatic carbocycles. The highest BCUT2D eigenvalue weighted by Crippen LogP contribution is 2.15. The van der Waals surface area contributed by atoms with Crippen LogP contribution in [-0.4, -0.2) is 65.2 Å². The third-order valence-electron chi connectivity index (χ3n) is 6.08. The molecule has 1 N–H and O–H groups in total. The number of carbonyl (C=O) groups is 1. The Morgan fingerprint density at radius 2 is 1.91 bits per heavy atom. The largest absolute Gasteiger partial charge is 0.385 e. The molecular weight excluding hydrogens is 436 g/mol. The fourth-order valence-electron chi connectivity index (χ4n) is 4.31. The average molecular weight is 467 g/mol. The highest BCUT2D eigenvalue weighted by atomic mass is 32.1. The maximum atomic E-state index is 13.2. The van der Waals surface area contributed by atoms with Crippen molar-refractivity contribution in [2.45, 2.75) is 25.9 Å². The van der Waals surface area contributed by atoms with Crippen molar-refractivity contribution in [3.8, 4) is 0 Å². The van der Waals surface area contributed by atoms with Crippen LogP contribution in [0, 0.1) is 4.77 Å². The quantitative estimate of drug-likeness (QED) is 0.427. The fourth-order valence-corrected chi connectivity index (χ4v) is 4.60. The lowest BCUT2D eigenvalue weighted by Gasteiger charge is -2.22. The number of nitrogens with one attached hydrogen (secondary N) is 1. The summed E-state index contributed by atoms with van der Waals surface area (Å²) in [6.07, 6.45) is 1.63. The van der Waals surface area contributed by atoms with Gasteiger partial charge in [-0.1, -0.05) is 30.3 Å².